The highest BCUT2D eigenvalue weighted by Gasteiger charge is 2.09. The molecule has 0 unspecified atom stereocenters. The quantitative estimate of drug-likeness (QED) is 0.368. The van der Waals surface area contributed by atoms with Crippen LogP contribution in [0.15, 0.2) is 22.0 Å². The third kappa shape index (κ3) is 5.49. The maximum absolute atomic E-state index is 2.35. The minimum Gasteiger partial charge on any atom is -0.0654 e. The second-order valence-corrected chi connectivity index (χ2v) is 6.55. The van der Waals surface area contributed by atoms with Crippen LogP contribution in [-0.4, -0.2) is 0 Å². The van der Waals surface area contributed by atoms with E-state index in [-0.39, 0.29) is 0 Å². The van der Waals surface area contributed by atoms with E-state index in [1.165, 1.54) is 51.4 Å². The molecule has 0 spiro atoms. The Hall–Kier alpha value is 0.180. The van der Waals surface area contributed by atoms with Crippen LogP contribution in [0.3, 0.4) is 0 Å². The van der Waals surface area contributed by atoms with E-state index >= 15 is 0 Å². The summed E-state index contributed by atoms with van der Waals surface area (Å²) in [7, 11) is 3.87. The largest absolute Gasteiger partial charge is 0.0654 e. The predicted octanol–water partition coefficient (Wildman–Crippen LogP) is 6.31. The lowest BCUT2D eigenvalue weighted by Gasteiger charge is -2.14. The van der Waals surface area contributed by atoms with E-state index < -0.39 is 0 Å². The van der Waals surface area contributed by atoms with Gasteiger partial charge in [0.2, 0.25) is 0 Å². The van der Waals surface area contributed by atoms with Crippen LogP contribution in [0, 0.1) is 0 Å². The van der Waals surface area contributed by atoms with Crippen molar-refractivity contribution in [1.29, 1.82) is 0 Å². The molecule has 0 nitrogen and oxygen atoms in total. The van der Waals surface area contributed by atoms with Crippen LogP contribution in [0.4, 0.5) is 0 Å². The Morgan fingerprint density at radius 2 is 1.62 bits per heavy atom. The zero-order chi connectivity index (χ0) is 11.6. The summed E-state index contributed by atoms with van der Waals surface area (Å²) in [6.07, 6.45) is 13.1. The van der Waals surface area contributed by atoms with E-state index in [1.54, 1.807) is 10.5 Å². The zero-order valence-corrected chi connectivity index (χ0v) is 12.3. The van der Waals surface area contributed by atoms with Crippen molar-refractivity contribution in [1.82, 2.24) is 0 Å². The second kappa shape index (κ2) is 9.23. The Morgan fingerprint density at radius 3 is 2.31 bits per heavy atom. The van der Waals surface area contributed by atoms with Gasteiger partial charge in [-0.25, -0.2) is 0 Å². The maximum atomic E-state index is 2.35. The first-order chi connectivity index (χ1) is 7.88. The van der Waals surface area contributed by atoms with E-state index in [0.717, 1.165) is 0 Å². The number of hydrogen-bond donors (Lipinski definition) is 0. The average Bonchev–Trinajstić information content (AvgIpc) is 2.32. The van der Waals surface area contributed by atoms with Crippen LogP contribution >= 0.6 is 21.6 Å². The molecule has 0 aromatic rings. The summed E-state index contributed by atoms with van der Waals surface area (Å²) >= 11 is 0. The molecule has 2 heteroatoms. The van der Waals surface area contributed by atoms with Gasteiger partial charge in [0.25, 0.3) is 0 Å². The van der Waals surface area contributed by atoms with Gasteiger partial charge in [0.1, 0.15) is 0 Å². The Morgan fingerprint density at radius 1 is 0.938 bits per heavy atom. The monoisotopic (exact) mass is 256 g/mol. The summed E-state index contributed by atoms with van der Waals surface area (Å²) in [5.41, 5.74) is 1.62. The van der Waals surface area contributed by atoms with Gasteiger partial charge in [0.05, 0.1) is 0 Å². The molecule has 0 aromatic heterocycles. The molecule has 16 heavy (non-hydrogen) atoms. The number of allylic oxidation sites excluding steroid dienone is 3. The van der Waals surface area contributed by atoms with Gasteiger partial charge in [0, 0.05) is 0 Å². The molecule has 0 amide bonds. The molecule has 0 bridgehead atoms. The van der Waals surface area contributed by atoms with Crippen LogP contribution in [0.25, 0.3) is 0 Å². The van der Waals surface area contributed by atoms with Crippen LogP contribution in [0.1, 0.15) is 65.2 Å². The number of rotatable bonds is 8. The average molecular weight is 256 g/mol. The number of hydrogen-bond acceptors (Lipinski definition) is 2. The molecule has 1 rings (SSSR count). The predicted molar refractivity (Wildman–Crippen MR) is 79.6 cm³/mol. The summed E-state index contributed by atoms with van der Waals surface area (Å²) < 4.78 is 0. The fraction of sp³-hybridized carbons (Fsp3) is 0.714. The van der Waals surface area contributed by atoms with Crippen molar-refractivity contribution in [3.05, 3.63) is 22.0 Å². The SMILES string of the molecule is CCCCCC1=C(CCCCC)SSC=C1. The molecule has 0 saturated carbocycles. The smallest absolute Gasteiger partial charge is 0.000651 e. The molecule has 0 N–H and O–H groups in total. The van der Waals surface area contributed by atoms with Crippen LogP contribution in [0.2, 0.25) is 0 Å². The van der Waals surface area contributed by atoms with Gasteiger partial charge in [-0.05, 0) is 41.6 Å². The first-order valence-electron chi connectivity index (χ1n) is 6.60. The molecular formula is C14H24S2. The molecule has 0 saturated heterocycles. The highest BCUT2D eigenvalue weighted by atomic mass is 33.1. The van der Waals surface area contributed by atoms with Crippen molar-refractivity contribution in [2.75, 3.05) is 0 Å². The summed E-state index contributed by atoms with van der Waals surface area (Å²) in [5, 5.41) is 2.25. The molecule has 1 aliphatic heterocycles. The van der Waals surface area contributed by atoms with Gasteiger partial charge in [-0.2, -0.15) is 0 Å². The molecule has 0 fully saturated rings. The van der Waals surface area contributed by atoms with Crippen molar-refractivity contribution >= 4 is 21.6 Å². The molecule has 0 aromatic carbocycles. The summed E-state index contributed by atoms with van der Waals surface area (Å²) in [5.74, 6) is 0. The second-order valence-electron chi connectivity index (χ2n) is 4.34. The third-order valence-electron chi connectivity index (χ3n) is 2.89. The van der Waals surface area contributed by atoms with E-state index in [2.05, 4.69) is 25.3 Å². The highest BCUT2D eigenvalue weighted by molar-refractivity contribution is 8.79. The molecule has 0 radical (unpaired) electrons. The molecule has 1 heterocycles. The van der Waals surface area contributed by atoms with Gasteiger partial charge < -0.3 is 0 Å². The van der Waals surface area contributed by atoms with Crippen molar-refractivity contribution in [2.24, 2.45) is 0 Å². The zero-order valence-electron chi connectivity index (χ0n) is 10.6. The number of unbranched alkanes of at least 4 members (excludes halogenated alkanes) is 4. The van der Waals surface area contributed by atoms with E-state index in [1.807, 2.05) is 21.6 Å². The van der Waals surface area contributed by atoms with Crippen molar-refractivity contribution < 1.29 is 0 Å². The lowest BCUT2D eigenvalue weighted by atomic mass is 10.0. The highest BCUT2D eigenvalue weighted by Crippen LogP contribution is 2.41. The van der Waals surface area contributed by atoms with Gasteiger partial charge in [-0.15, -0.1) is 0 Å². The topological polar surface area (TPSA) is 0 Å². The fourth-order valence-electron chi connectivity index (χ4n) is 1.87. The Bertz CT molecular complexity index is 241. The van der Waals surface area contributed by atoms with Gasteiger partial charge in [-0.1, -0.05) is 67.2 Å². The van der Waals surface area contributed by atoms with E-state index in [4.69, 9.17) is 0 Å². The van der Waals surface area contributed by atoms with Crippen LogP contribution in [0.5, 0.6) is 0 Å². The molecule has 0 aliphatic carbocycles. The Labute approximate surface area is 109 Å². The lowest BCUT2D eigenvalue weighted by molar-refractivity contribution is 0.703. The van der Waals surface area contributed by atoms with Gasteiger partial charge in [-0.3, -0.25) is 0 Å². The van der Waals surface area contributed by atoms with Crippen LogP contribution < -0.4 is 0 Å². The third-order valence-corrected chi connectivity index (χ3v) is 5.13. The van der Waals surface area contributed by atoms with Gasteiger partial charge in [0.15, 0.2) is 0 Å². The van der Waals surface area contributed by atoms with Crippen molar-refractivity contribution in [3.8, 4) is 0 Å². The summed E-state index contributed by atoms with van der Waals surface area (Å²) in [6.45, 7) is 4.55. The molecule has 1 aliphatic rings. The maximum Gasteiger partial charge on any atom is -0.000651 e. The normalized spacial score (nSPS) is 15.9. The summed E-state index contributed by atoms with van der Waals surface area (Å²) in [6, 6.07) is 0. The molecular weight excluding hydrogens is 232 g/mol. The molecule has 0 atom stereocenters. The fourth-order valence-corrected chi connectivity index (χ4v) is 4.02. The Balaban J connectivity index is 2.40. The molecule has 92 valence electrons. The van der Waals surface area contributed by atoms with Crippen molar-refractivity contribution in [3.63, 3.8) is 0 Å². The first-order valence-corrected chi connectivity index (χ1v) is 8.81. The minimum atomic E-state index is 1.29. The van der Waals surface area contributed by atoms with Crippen molar-refractivity contribution in [2.45, 2.75) is 65.2 Å². The standard InChI is InChI=1S/C14H24S2/c1-3-5-7-9-13-11-12-15-16-14(13)10-8-6-4-2/h11-12H,3-10H2,1-2H3. The summed E-state index contributed by atoms with van der Waals surface area (Å²) in [4.78, 5) is 1.65. The van der Waals surface area contributed by atoms with E-state index in [0.29, 0.717) is 0 Å². The van der Waals surface area contributed by atoms with Crippen LogP contribution in [-0.2, 0) is 0 Å². The minimum absolute atomic E-state index is 1.29. The lowest BCUT2D eigenvalue weighted by Crippen LogP contribution is -1.90. The first kappa shape index (κ1) is 14.2. The Kier molecular flexibility index (Phi) is 8.22. The van der Waals surface area contributed by atoms with Gasteiger partial charge >= 0.3 is 0 Å². The van der Waals surface area contributed by atoms with E-state index in [9.17, 15) is 0 Å².